The molecule has 0 amide bonds. The zero-order valence-electron chi connectivity index (χ0n) is 24.1. The summed E-state index contributed by atoms with van der Waals surface area (Å²) in [6.07, 6.45) is 12.5. The van der Waals surface area contributed by atoms with Gasteiger partial charge in [0.2, 0.25) is 6.08 Å². The zero-order valence-corrected chi connectivity index (χ0v) is 24.1. The molecular weight excluding hydrogens is 460 g/mol. The minimum absolute atomic E-state index is 0.0280. The predicted octanol–water partition coefficient (Wildman–Crippen LogP) is 7.07. The number of rotatable bonds is 1. The van der Waals surface area contributed by atoms with E-state index >= 15 is 0 Å². The number of nitrogens with zero attached hydrogens (tertiary/aromatic N) is 2. The molecule has 1 unspecified atom stereocenters. The molecule has 0 aromatic heterocycles. The van der Waals surface area contributed by atoms with Crippen LogP contribution in [0.1, 0.15) is 107 Å². The Morgan fingerprint density at radius 2 is 1.54 bits per heavy atom. The molecule has 0 saturated heterocycles. The first-order valence-electron chi connectivity index (χ1n) is 14.0. The van der Waals surface area contributed by atoms with Crippen molar-refractivity contribution >= 4 is 17.6 Å². The Hall–Kier alpha value is -2.31. The highest BCUT2D eigenvalue weighted by Gasteiger charge is 2.65. The summed E-state index contributed by atoms with van der Waals surface area (Å²) in [5, 5.41) is 9.86. The molecule has 0 aliphatic heterocycles. The van der Waals surface area contributed by atoms with Gasteiger partial charge in [0.25, 0.3) is 0 Å². The smallest absolute Gasteiger partial charge is 0.235 e. The third-order valence-electron chi connectivity index (χ3n) is 11.7. The number of ketones is 2. The van der Waals surface area contributed by atoms with E-state index in [9.17, 15) is 19.6 Å². The predicted molar refractivity (Wildman–Crippen MR) is 144 cm³/mol. The van der Waals surface area contributed by atoms with Crippen molar-refractivity contribution in [2.24, 2.45) is 43.9 Å². The van der Waals surface area contributed by atoms with E-state index in [2.05, 4.69) is 52.6 Å². The van der Waals surface area contributed by atoms with Crippen molar-refractivity contribution in [3.05, 3.63) is 23.3 Å². The summed E-state index contributed by atoms with van der Waals surface area (Å²) in [5.74, 6) is 0.00732. The highest BCUT2D eigenvalue weighted by molar-refractivity contribution is 6.04. The number of carbonyl (C=O) groups is 2. The van der Waals surface area contributed by atoms with Crippen LogP contribution in [0.15, 0.2) is 28.3 Å². The van der Waals surface area contributed by atoms with Crippen LogP contribution in [0.2, 0.25) is 0 Å². The van der Waals surface area contributed by atoms with Crippen molar-refractivity contribution in [3.8, 4) is 6.07 Å². The maximum absolute atomic E-state index is 14.1. The van der Waals surface area contributed by atoms with Crippen molar-refractivity contribution in [1.29, 1.82) is 5.26 Å². The first-order chi connectivity index (χ1) is 17.0. The largest absolute Gasteiger partial charge is 0.295 e. The molecule has 0 heterocycles. The summed E-state index contributed by atoms with van der Waals surface area (Å²) in [6.45, 7) is 17.3. The monoisotopic (exact) mass is 504 g/mol. The van der Waals surface area contributed by atoms with E-state index in [1.54, 1.807) is 0 Å². The van der Waals surface area contributed by atoms with E-state index in [1.165, 1.54) is 0 Å². The van der Waals surface area contributed by atoms with E-state index in [4.69, 9.17) is 0 Å². The fourth-order valence-electron chi connectivity index (χ4n) is 8.80. The van der Waals surface area contributed by atoms with Crippen LogP contribution in [0.3, 0.4) is 0 Å². The van der Waals surface area contributed by atoms with E-state index < -0.39 is 16.4 Å². The van der Waals surface area contributed by atoms with Crippen LogP contribution in [0.25, 0.3) is 0 Å². The molecule has 0 aromatic rings. The van der Waals surface area contributed by atoms with Gasteiger partial charge in [-0.25, -0.2) is 4.79 Å². The minimum atomic E-state index is -0.671. The Labute approximate surface area is 222 Å². The lowest BCUT2D eigenvalue weighted by Crippen LogP contribution is -2.60. The van der Waals surface area contributed by atoms with Crippen LogP contribution in [0.5, 0.6) is 0 Å². The summed E-state index contributed by atoms with van der Waals surface area (Å²) in [5.41, 5.74) is -0.975. The fraction of sp³-hybridized carbons (Fsp3) is 0.750. The van der Waals surface area contributed by atoms with Crippen LogP contribution in [0, 0.1) is 50.2 Å². The van der Waals surface area contributed by atoms with Gasteiger partial charge >= 0.3 is 0 Å². The molecule has 0 spiro atoms. The molecule has 5 heteroatoms. The quantitative estimate of drug-likeness (QED) is 0.282. The SMILES string of the molecule is CC1(C)CCC2C(=O)C=C3[C@@]4(C)C=C(C#N)C(=O)C(C)(C)[C@@H]4CC[C@@]3(C)[C@]2(C)CC[C@@](C)(N=C=O)CC1. The van der Waals surface area contributed by atoms with Crippen molar-refractivity contribution in [2.75, 3.05) is 0 Å². The minimum Gasteiger partial charge on any atom is -0.295 e. The van der Waals surface area contributed by atoms with E-state index in [0.717, 1.165) is 56.9 Å². The average Bonchev–Trinajstić information content (AvgIpc) is 2.80. The second-order valence-electron chi connectivity index (χ2n) is 14.8. The normalized spacial score (nSPS) is 43.0. The number of isocyanates is 1. The van der Waals surface area contributed by atoms with Crippen LogP contribution < -0.4 is 0 Å². The highest BCUT2D eigenvalue weighted by Crippen LogP contribution is 2.70. The molecule has 5 nitrogen and oxygen atoms in total. The Balaban J connectivity index is 1.91. The van der Waals surface area contributed by atoms with Crippen LogP contribution in [-0.4, -0.2) is 23.2 Å². The first-order valence-corrected chi connectivity index (χ1v) is 14.0. The Bertz CT molecular complexity index is 1180. The topological polar surface area (TPSA) is 87.4 Å². The number of hydrogen-bond donors (Lipinski definition) is 0. The lowest BCUT2D eigenvalue weighted by atomic mass is 9.38. The van der Waals surface area contributed by atoms with Gasteiger partial charge in [0.05, 0.1) is 11.1 Å². The maximum atomic E-state index is 14.1. The van der Waals surface area contributed by atoms with Gasteiger partial charge in [-0.1, -0.05) is 60.1 Å². The standard InChI is InChI=1S/C32H44N2O3/c1-27(2)11-9-22-23(36)17-25-30(6)18-21(19-33)26(37)28(3,4)24(30)10-12-32(25,8)31(22,7)16-15-29(5,14-13-27)34-20-35/h17-18,22,24H,9-16H2,1-8H3/t22?,24-,29-,30-,31+,32+/m0/s1. The average molecular weight is 505 g/mol. The Morgan fingerprint density at radius 3 is 2.16 bits per heavy atom. The van der Waals surface area contributed by atoms with Gasteiger partial charge in [0.1, 0.15) is 6.07 Å². The molecule has 37 heavy (non-hydrogen) atoms. The summed E-state index contributed by atoms with van der Waals surface area (Å²) in [7, 11) is 0. The molecule has 2 fully saturated rings. The van der Waals surface area contributed by atoms with Gasteiger partial charge in [-0.15, -0.1) is 0 Å². The number of carbonyl (C=O) groups excluding carboxylic acids is 3. The van der Waals surface area contributed by atoms with E-state index in [0.29, 0.717) is 0 Å². The third kappa shape index (κ3) is 4.02. The van der Waals surface area contributed by atoms with Crippen molar-refractivity contribution in [1.82, 2.24) is 0 Å². The summed E-state index contributed by atoms with van der Waals surface area (Å²) >= 11 is 0. The van der Waals surface area contributed by atoms with E-state index in [-0.39, 0.29) is 45.2 Å². The molecule has 6 atom stereocenters. The molecule has 4 aliphatic carbocycles. The zero-order chi connectivity index (χ0) is 27.7. The molecular formula is C32H44N2O3. The fourth-order valence-corrected chi connectivity index (χ4v) is 8.80. The van der Waals surface area contributed by atoms with Gasteiger partial charge in [-0.3, -0.25) is 9.59 Å². The number of allylic oxidation sites excluding steroid dienone is 4. The van der Waals surface area contributed by atoms with Gasteiger partial charge in [-0.05, 0) is 86.5 Å². The van der Waals surface area contributed by atoms with E-state index in [1.807, 2.05) is 32.1 Å². The number of fused-ring (bicyclic) bond motifs is 5. The van der Waals surface area contributed by atoms with Crippen LogP contribution in [-0.2, 0) is 14.4 Å². The van der Waals surface area contributed by atoms with Gasteiger partial charge in [-0.2, -0.15) is 10.3 Å². The first kappa shape index (κ1) is 27.7. The van der Waals surface area contributed by atoms with Crippen LogP contribution in [0.4, 0.5) is 0 Å². The second-order valence-corrected chi connectivity index (χ2v) is 14.8. The molecule has 0 bridgehead atoms. The number of aliphatic imine (C=N–C) groups is 1. The summed E-state index contributed by atoms with van der Waals surface area (Å²) in [6, 6.07) is 2.17. The third-order valence-corrected chi connectivity index (χ3v) is 11.7. The van der Waals surface area contributed by atoms with Gasteiger partial charge in [0.15, 0.2) is 11.6 Å². The molecule has 2 saturated carbocycles. The van der Waals surface area contributed by atoms with Crippen LogP contribution >= 0.6 is 0 Å². The maximum Gasteiger partial charge on any atom is 0.235 e. The lowest BCUT2D eigenvalue weighted by Gasteiger charge is -2.65. The summed E-state index contributed by atoms with van der Waals surface area (Å²) < 4.78 is 0. The number of nitriles is 1. The van der Waals surface area contributed by atoms with Gasteiger partial charge in [0, 0.05) is 16.7 Å². The summed E-state index contributed by atoms with van der Waals surface area (Å²) in [4.78, 5) is 43.0. The van der Waals surface area contributed by atoms with Crippen molar-refractivity contribution in [2.45, 2.75) is 112 Å². The van der Waals surface area contributed by atoms with Crippen molar-refractivity contribution in [3.63, 3.8) is 0 Å². The second kappa shape index (κ2) is 8.60. The molecule has 200 valence electrons. The Morgan fingerprint density at radius 1 is 0.892 bits per heavy atom. The molecule has 0 aromatic carbocycles. The Kier molecular flexibility index (Phi) is 6.44. The molecule has 0 radical (unpaired) electrons. The molecule has 4 rings (SSSR count). The lowest BCUT2D eigenvalue weighted by molar-refractivity contribution is -0.139. The number of Topliss-reactive ketones (excluding diaryl/α,β-unsaturated/α-hetero) is 1. The number of hydrogen-bond acceptors (Lipinski definition) is 5. The highest BCUT2D eigenvalue weighted by atomic mass is 16.1. The van der Waals surface area contributed by atoms with Gasteiger partial charge < -0.3 is 0 Å². The molecule has 4 aliphatic rings. The molecule has 0 N–H and O–H groups in total. The van der Waals surface area contributed by atoms with Crippen molar-refractivity contribution < 1.29 is 14.4 Å².